The molecule has 1 aromatic carbocycles. The number of methoxy groups -OCH3 is 1. The molecule has 1 unspecified atom stereocenters. The van der Waals surface area contributed by atoms with Crippen LogP contribution in [0.3, 0.4) is 0 Å². The van der Waals surface area contributed by atoms with E-state index in [4.69, 9.17) is 10.5 Å². The second-order valence-electron chi connectivity index (χ2n) is 4.61. The average Bonchev–Trinajstić information content (AvgIpc) is 2.31. The standard InChI is InChI=1S/C12H19BrN2O3S/c1-8(2)12(7-18-3)15-19(16,17)9-4-5-11(14)10(13)6-9/h4-6,8,12,15H,7,14H2,1-3H3. The zero-order chi connectivity index (χ0) is 14.6. The Labute approximate surface area is 122 Å². The molecule has 0 fully saturated rings. The largest absolute Gasteiger partial charge is 0.398 e. The van der Waals surface area contributed by atoms with Crippen LogP contribution >= 0.6 is 15.9 Å². The minimum Gasteiger partial charge on any atom is -0.398 e. The Bertz CT molecular complexity index is 532. The van der Waals surface area contributed by atoms with E-state index in [9.17, 15) is 8.42 Å². The van der Waals surface area contributed by atoms with E-state index in [1.54, 1.807) is 13.2 Å². The van der Waals surface area contributed by atoms with E-state index in [-0.39, 0.29) is 16.9 Å². The lowest BCUT2D eigenvalue weighted by atomic mass is 10.1. The van der Waals surface area contributed by atoms with E-state index in [0.29, 0.717) is 16.8 Å². The number of hydrogen-bond acceptors (Lipinski definition) is 4. The molecule has 19 heavy (non-hydrogen) atoms. The van der Waals surface area contributed by atoms with Gasteiger partial charge in [0.2, 0.25) is 10.0 Å². The van der Waals surface area contributed by atoms with Crippen molar-refractivity contribution in [2.75, 3.05) is 19.5 Å². The maximum Gasteiger partial charge on any atom is 0.240 e. The van der Waals surface area contributed by atoms with Gasteiger partial charge in [0.15, 0.2) is 0 Å². The molecule has 1 aromatic rings. The quantitative estimate of drug-likeness (QED) is 0.768. The summed E-state index contributed by atoms with van der Waals surface area (Å²) in [7, 11) is -2.04. The van der Waals surface area contributed by atoms with Gasteiger partial charge in [0.25, 0.3) is 0 Å². The van der Waals surface area contributed by atoms with E-state index in [1.807, 2.05) is 13.8 Å². The van der Waals surface area contributed by atoms with Crippen molar-refractivity contribution in [3.8, 4) is 0 Å². The van der Waals surface area contributed by atoms with Crippen molar-refractivity contribution in [2.45, 2.75) is 24.8 Å². The summed E-state index contributed by atoms with van der Waals surface area (Å²) in [4.78, 5) is 0.176. The highest BCUT2D eigenvalue weighted by molar-refractivity contribution is 9.10. The number of hydrogen-bond donors (Lipinski definition) is 2. The molecule has 0 heterocycles. The van der Waals surface area contributed by atoms with E-state index in [2.05, 4.69) is 20.7 Å². The number of ether oxygens (including phenoxy) is 1. The fourth-order valence-electron chi connectivity index (χ4n) is 1.48. The fraction of sp³-hybridized carbons (Fsp3) is 0.500. The molecular weight excluding hydrogens is 332 g/mol. The molecule has 0 saturated carbocycles. The fourth-order valence-corrected chi connectivity index (χ4v) is 3.41. The molecule has 0 saturated heterocycles. The van der Waals surface area contributed by atoms with Crippen molar-refractivity contribution in [1.82, 2.24) is 4.72 Å². The van der Waals surface area contributed by atoms with Gasteiger partial charge in [-0.05, 0) is 40.0 Å². The summed E-state index contributed by atoms with van der Waals surface area (Å²) in [6, 6.07) is 4.25. The van der Waals surface area contributed by atoms with Crippen molar-refractivity contribution in [3.05, 3.63) is 22.7 Å². The average molecular weight is 351 g/mol. The smallest absolute Gasteiger partial charge is 0.240 e. The summed E-state index contributed by atoms with van der Waals surface area (Å²) in [6.07, 6.45) is 0. The van der Waals surface area contributed by atoms with Gasteiger partial charge in [0, 0.05) is 23.3 Å². The van der Waals surface area contributed by atoms with Crippen LogP contribution in [-0.2, 0) is 14.8 Å². The lowest BCUT2D eigenvalue weighted by Crippen LogP contribution is -2.41. The normalized spacial score (nSPS) is 13.7. The van der Waals surface area contributed by atoms with Crippen molar-refractivity contribution in [3.63, 3.8) is 0 Å². The van der Waals surface area contributed by atoms with Gasteiger partial charge in [-0.25, -0.2) is 13.1 Å². The molecule has 1 atom stereocenters. The molecule has 0 aliphatic rings. The Balaban J connectivity index is 2.99. The minimum atomic E-state index is -3.58. The van der Waals surface area contributed by atoms with Crippen LogP contribution in [0.1, 0.15) is 13.8 Å². The summed E-state index contributed by atoms with van der Waals surface area (Å²) in [5.41, 5.74) is 6.14. The topological polar surface area (TPSA) is 81.4 Å². The Hall–Kier alpha value is -0.630. The van der Waals surface area contributed by atoms with Gasteiger partial charge in [-0.15, -0.1) is 0 Å². The molecule has 108 valence electrons. The predicted octanol–water partition coefficient (Wildman–Crippen LogP) is 1.98. The first-order valence-electron chi connectivity index (χ1n) is 5.84. The first-order chi connectivity index (χ1) is 8.77. The first kappa shape index (κ1) is 16.4. The SMILES string of the molecule is COCC(NS(=O)(=O)c1ccc(N)c(Br)c1)C(C)C. The molecule has 0 amide bonds. The third-order valence-corrected chi connectivity index (χ3v) is 4.91. The van der Waals surface area contributed by atoms with E-state index < -0.39 is 10.0 Å². The van der Waals surface area contributed by atoms with Gasteiger partial charge in [-0.1, -0.05) is 13.8 Å². The van der Waals surface area contributed by atoms with Crippen LogP contribution in [0.4, 0.5) is 5.69 Å². The molecule has 5 nitrogen and oxygen atoms in total. The number of benzene rings is 1. The van der Waals surface area contributed by atoms with Crippen LogP contribution in [-0.4, -0.2) is 28.2 Å². The predicted molar refractivity (Wildman–Crippen MR) is 79.4 cm³/mol. The van der Waals surface area contributed by atoms with Crippen LogP contribution in [0.15, 0.2) is 27.6 Å². The van der Waals surface area contributed by atoms with Gasteiger partial charge in [0.1, 0.15) is 0 Å². The van der Waals surface area contributed by atoms with E-state index in [1.165, 1.54) is 12.1 Å². The molecular formula is C12H19BrN2O3S. The third-order valence-electron chi connectivity index (χ3n) is 2.74. The van der Waals surface area contributed by atoms with Crippen LogP contribution in [0.25, 0.3) is 0 Å². The highest BCUT2D eigenvalue weighted by Crippen LogP contribution is 2.23. The Morgan fingerprint density at radius 3 is 2.53 bits per heavy atom. The molecule has 0 radical (unpaired) electrons. The molecule has 7 heteroatoms. The zero-order valence-electron chi connectivity index (χ0n) is 11.2. The van der Waals surface area contributed by atoms with Crippen LogP contribution in [0.2, 0.25) is 0 Å². The summed E-state index contributed by atoms with van der Waals surface area (Å²) < 4.78 is 32.7. The number of nitrogens with two attached hydrogens (primary N) is 1. The number of sulfonamides is 1. The summed E-state index contributed by atoms with van der Waals surface area (Å²) in [5.74, 6) is 0.131. The van der Waals surface area contributed by atoms with Crippen molar-refractivity contribution >= 4 is 31.6 Å². The van der Waals surface area contributed by atoms with Crippen LogP contribution in [0.5, 0.6) is 0 Å². The van der Waals surface area contributed by atoms with E-state index >= 15 is 0 Å². The van der Waals surface area contributed by atoms with Gasteiger partial charge in [0.05, 0.1) is 11.5 Å². The Morgan fingerprint density at radius 2 is 2.05 bits per heavy atom. The van der Waals surface area contributed by atoms with Crippen LogP contribution < -0.4 is 10.5 Å². The van der Waals surface area contributed by atoms with Gasteiger partial charge in [-0.3, -0.25) is 0 Å². The number of halogens is 1. The van der Waals surface area contributed by atoms with Gasteiger partial charge in [-0.2, -0.15) is 0 Å². The van der Waals surface area contributed by atoms with Crippen molar-refractivity contribution < 1.29 is 13.2 Å². The zero-order valence-corrected chi connectivity index (χ0v) is 13.6. The first-order valence-corrected chi connectivity index (χ1v) is 8.12. The van der Waals surface area contributed by atoms with Gasteiger partial charge >= 0.3 is 0 Å². The number of nitrogen functional groups attached to an aromatic ring is 1. The molecule has 0 bridgehead atoms. The maximum absolute atomic E-state index is 12.3. The maximum atomic E-state index is 12.3. The number of nitrogens with one attached hydrogen (secondary N) is 1. The summed E-state index contributed by atoms with van der Waals surface area (Å²) >= 11 is 3.22. The summed E-state index contributed by atoms with van der Waals surface area (Å²) in [6.45, 7) is 4.20. The lowest BCUT2D eigenvalue weighted by Gasteiger charge is -2.21. The van der Waals surface area contributed by atoms with E-state index in [0.717, 1.165) is 0 Å². The second-order valence-corrected chi connectivity index (χ2v) is 7.18. The highest BCUT2D eigenvalue weighted by Gasteiger charge is 2.22. The summed E-state index contributed by atoms with van der Waals surface area (Å²) in [5, 5.41) is 0. The minimum absolute atomic E-state index is 0.131. The third kappa shape index (κ3) is 4.45. The number of anilines is 1. The number of rotatable bonds is 6. The second kappa shape index (κ2) is 6.69. The monoisotopic (exact) mass is 350 g/mol. The highest BCUT2D eigenvalue weighted by atomic mass is 79.9. The van der Waals surface area contributed by atoms with Gasteiger partial charge < -0.3 is 10.5 Å². The molecule has 0 aliphatic carbocycles. The van der Waals surface area contributed by atoms with Crippen molar-refractivity contribution in [2.24, 2.45) is 5.92 Å². The lowest BCUT2D eigenvalue weighted by molar-refractivity contribution is 0.157. The molecule has 0 aliphatic heterocycles. The molecule has 0 spiro atoms. The molecule has 0 aromatic heterocycles. The van der Waals surface area contributed by atoms with Crippen molar-refractivity contribution in [1.29, 1.82) is 0 Å². The molecule has 3 N–H and O–H groups in total. The molecule has 1 rings (SSSR count). The van der Waals surface area contributed by atoms with Crippen LogP contribution in [0, 0.1) is 5.92 Å². The Kier molecular flexibility index (Phi) is 5.79. The Morgan fingerprint density at radius 1 is 1.42 bits per heavy atom.